The fourth-order valence-electron chi connectivity index (χ4n) is 1.20. The Morgan fingerprint density at radius 3 is 2.14 bits per heavy atom. The second-order valence-electron chi connectivity index (χ2n) is 3.76. The smallest absolute Gasteiger partial charge is 0.120 e. The average Bonchev–Trinajstić information content (AvgIpc) is 2.18. The van der Waals surface area contributed by atoms with Gasteiger partial charge in [-0.3, -0.25) is 0 Å². The summed E-state index contributed by atoms with van der Waals surface area (Å²) in [5, 5.41) is 0. The van der Waals surface area contributed by atoms with E-state index in [9.17, 15) is 0 Å². The summed E-state index contributed by atoms with van der Waals surface area (Å²) < 4.78 is 5.78. The van der Waals surface area contributed by atoms with E-state index in [1.807, 2.05) is 30.3 Å². The van der Waals surface area contributed by atoms with Crippen molar-refractivity contribution in [2.24, 2.45) is 0 Å². The Morgan fingerprint density at radius 1 is 1.07 bits per heavy atom. The zero-order valence-electron chi connectivity index (χ0n) is 9.37. The Balaban J connectivity index is 2.67. The third-order valence-electron chi connectivity index (χ3n) is 2.45. The summed E-state index contributed by atoms with van der Waals surface area (Å²) in [5.41, 5.74) is 2.63. The van der Waals surface area contributed by atoms with Crippen molar-refractivity contribution in [3.05, 3.63) is 41.5 Å². The van der Waals surface area contributed by atoms with Gasteiger partial charge in [0.25, 0.3) is 0 Å². The molecule has 0 saturated carbocycles. The predicted octanol–water partition coefficient (Wildman–Crippen LogP) is 3.81. The maximum Gasteiger partial charge on any atom is 0.120 e. The number of allylic oxidation sites excluding steroid dienone is 1. The van der Waals surface area contributed by atoms with Crippen LogP contribution in [0.3, 0.4) is 0 Å². The van der Waals surface area contributed by atoms with Crippen LogP contribution in [0.5, 0.6) is 5.75 Å². The van der Waals surface area contributed by atoms with Crippen LogP contribution in [-0.4, -0.2) is 6.10 Å². The maximum atomic E-state index is 5.78. The van der Waals surface area contributed by atoms with E-state index in [1.54, 1.807) is 0 Å². The first-order valence-electron chi connectivity index (χ1n) is 4.97. The normalized spacial score (nSPS) is 12.0. The van der Waals surface area contributed by atoms with Gasteiger partial charge in [0.15, 0.2) is 0 Å². The van der Waals surface area contributed by atoms with E-state index in [1.165, 1.54) is 11.1 Å². The summed E-state index contributed by atoms with van der Waals surface area (Å²) in [6.45, 7) is 8.42. The highest BCUT2D eigenvalue weighted by Crippen LogP contribution is 2.16. The molecule has 76 valence electrons. The van der Waals surface area contributed by atoms with Gasteiger partial charge >= 0.3 is 0 Å². The summed E-state index contributed by atoms with van der Waals surface area (Å²) in [6.07, 6.45) is 0.155. The van der Waals surface area contributed by atoms with Gasteiger partial charge in [-0.2, -0.15) is 0 Å². The summed E-state index contributed by atoms with van der Waals surface area (Å²) in [5.74, 6) is 0.931. The number of para-hydroxylation sites is 1. The molecule has 0 fully saturated rings. The number of ether oxygens (including phenoxy) is 1. The van der Waals surface area contributed by atoms with Crippen LogP contribution in [-0.2, 0) is 0 Å². The third-order valence-corrected chi connectivity index (χ3v) is 2.45. The number of hydrogen-bond acceptors (Lipinski definition) is 1. The van der Waals surface area contributed by atoms with Crippen LogP contribution in [0.4, 0.5) is 0 Å². The highest BCUT2D eigenvalue weighted by atomic mass is 16.5. The molecule has 0 radical (unpaired) electrons. The quantitative estimate of drug-likeness (QED) is 0.658. The Morgan fingerprint density at radius 2 is 1.64 bits per heavy atom. The highest BCUT2D eigenvalue weighted by Gasteiger charge is 2.06. The Bertz CT molecular complexity index is 307. The van der Waals surface area contributed by atoms with Gasteiger partial charge in [-0.25, -0.2) is 0 Å². The molecular formula is C13H18O. The fraction of sp³-hybridized carbons (Fsp3) is 0.385. The minimum Gasteiger partial charge on any atom is -0.486 e. The molecule has 1 atom stereocenters. The molecule has 0 heterocycles. The lowest BCUT2D eigenvalue weighted by Crippen LogP contribution is -2.13. The molecule has 0 N–H and O–H groups in total. The largest absolute Gasteiger partial charge is 0.486 e. The van der Waals surface area contributed by atoms with Gasteiger partial charge in [0, 0.05) is 0 Å². The lowest BCUT2D eigenvalue weighted by atomic mass is 10.1. The Kier molecular flexibility index (Phi) is 3.75. The predicted molar refractivity (Wildman–Crippen MR) is 60.6 cm³/mol. The average molecular weight is 190 g/mol. The van der Waals surface area contributed by atoms with Crippen molar-refractivity contribution < 1.29 is 4.74 Å². The van der Waals surface area contributed by atoms with E-state index in [2.05, 4.69) is 27.7 Å². The topological polar surface area (TPSA) is 9.23 Å². The van der Waals surface area contributed by atoms with Gasteiger partial charge in [-0.15, -0.1) is 0 Å². The first-order valence-corrected chi connectivity index (χ1v) is 4.97. The summed E-state index contributed by atoms with van der Waals surface area (Å²) >= 11 is 0. The van der Waals surface area contributed by atoms with Crippen molar-refractivity contribution in [3.8, 4) is 5.75 Å². The monoisotopic (exact) mass is 190 g/mol. The van der Waals surface area contributed by atoms with Crippen LogP contribution >= 0.6 is 0 Å². The van der Waals surface area contributed by atoms with Crippen molar-refractivity contribution in [2.75, 3.05) is 0 Å². The van der Waals surface area contributed by atoms with Crippen LogP contribution in [0.25, 0.3) is 0 Å². The lowest BCUT2D eigenvalue weighted by Gasteiger charge is -2.16. The van der Waals surface area contributed by atoms with Crippen molar-refractivity contribution in [2.45, 2.75) is 33.8 Å². The van der Waals surface area contributed by atoms with E-state index < -0.39 is 0 Å². The van der Waals surface area contributed by atoms with Gasteiger partial charge in [0.05, 0.1) is 0 Å². The van der Waals surface area contributed by atoms with Gasteiger partial charge < -0.3 is 4.74 Å². The molecule has 0 aliphatic heterocycles. The van der Waals surface area contributed by atoms with Gasteiger partial charge in [0.2, 0.25) is 0 Å². The summed E-state index contributed by atoms with van der Waals surface area (Å²) in [7, 11) is 0. The van der Waals surface area contributed by atoms with Crippen molar-refractivity contribution in [1.29, 1.82) is 0 Å². The van der Waals surface area contributed by atoms with Crippen molar-refractivity contribution >= 4 is 0 Å². The molecule has 1 nitrogen and oxygen atoms in total. The molecule has 0 aromatic heterocycles. The molecule has 1 aromatic rings. The molecule has 0 aliphatic rings. The number of hydrogen-bond donors (Lipinski definition) is 0. The third kappa shape index (κ3) is 2.91. The maximum absolute atomic E-state index is 5.78. The minimum atomic E-state index is 0.155. The van der Waals surface area contributed by atoms with Crippen molar-refractivity contribution in [3.63, 3.8) is 0 Å². The van der Waals surface area contributed by atoms with E-state index in [4.69, 9.17) is 4.74 Å². The molecule has 0 saturated heterocycles. The van der Waals surface area contributed by atoms with E-state index in [-0.39, 0.29) is 6.10 Å². The minimum absolute atomic E-state index is 0.155. The van der Waals surface area contributed by atoms with Crippen LogP contribution in [0, 0.1) is 0 Å². The van der Waals surface area contributed by atoms with Crippen LogP contribution < -0.4 is 4.74 Å². The molecule has 1 heteroatoms. The summed E-state index contributed by atoms with van der Waals surface area (Å²) in [4.78, 5) is 0. The highest BCUT2D eigenvalue weighted by molar-refractivity contribution is 5.23. The second kappa shape index (κ2) is 4.85. The Labute approximate surface area is 86.4 Å². The molecule has 14 heavy (non-hydrogen) atoms. The van der Waals surface area contributed by atoms with Gasteiger partial charge in [0.1, 0.15) is 11.9 Å². The lowest BCUT2D eigenvalue weighted by molar-refractivity contribution is 0.256. The van der Waals surface area contributed by atoms with E-state index in [0.29, 0.717) is 0 Å². The SMILES string of the molecule is CC(C)=C(C)C(C)Oc1ccccc1. The van der Waals surface area contributed by atoms with Crippen LogP contribution in [0.2, 0.25) is 0 Å². The molecule has 1 rings (SSSR count). The molecule has 0 spiro atoms. The van der Waals surface area contributed by atoms with Gasteiger partial charge in [-0.05, 0) is 45.4 Å². The summed E-state index contributed by atoms with van der Waals surface area (Å²) in [6, 6.07) is 9.93. The number of rotatable bonds is 3. The first-order chi connectivity index (χ1) is 6.61. The molecule has 0 bridgehead atoms. The zero-order valence-corrected chi connectivity index (χ0v) is 9.37. The van der Waals surface area contributed by atoms with Crippen LogP contribution in [0.1, 0.15) is 27.7 Å². The molecule has 0 amide bonds. The van der Waals surface area contributed by atoms with E-state index >= 15 is 0 Å². The number of benzene rings is 1. The molecular weight excluding hydrogens is 172 g/mol. The Hall–Kier alpha value is -1.24. The van der Waals surface area contributed by atoms with E-state index in [0.717, 1.165) is 5.75 Å². The second-order valence-corrected chi connectivity index (χ2v) is 3.76. The zero-order chi connectivity index (χ0) is 10.6. The van der Waals surface area contributed by atoms with Crippen LogP contribution in [0.15, 0.2) is 41.5 Å². The first kappa shape index (κ1) is 10.8. The van der Waals surface area contributed by atoms with Crippen molar-refractivity contribution in [1.82, 2.24) is 0 Å². The van der Waals surface area contributed by atoms with Gasteiger partial charge in [-0.1, -0.05) is 23.8 Å². The molecule has 0 aliphatic carbocycles. The fourth-order valence-corrected chi connectivity index (χ4v) is 1.20. The molecule has 1 unspecified atom stereocenters. The standard InChI is InChI=1S/C13H18O/c1-10(2)11(3)12(4)14-13-8-6-5-7-9-13/h5-9,12H,1-4H3. The molecule has 1 aromatic carbocycles.